The van der Waals surface area contributed by atoms with Crippen LogP contribution in [-0.2, 0) is 6.54 Å². The van der Waals surface area contributed by atoms with Crippen molar-refractivity contribution in [2.24, 2.45) is 0 Å². The zero-order valence-electron chi connectivity index (χ0n) is 15.9. The van der Waals surface area contributed by atoms with Crippen molar-refractivity contribution in [1.29, 1.82) is 0 Å². The van der Waals surface area contributed by atoms with Gasteiger partial charge in [0.15, 0.2) is 16.7 Å². The second kappa shape index (κ2) is 9.74. The number of hydrogen-bond donors (Lipinski definition) is 0. The minimum Gasteiger partial charge on any atom is -0.496 e. The Bertz CT molecular complexity index is 1010. The van der Waals surface area contributed by atoms with Gasteiger partial charge < -0.3 is 9.47 Å². The molecule has 0 atom stereocenters. The topological polar surface area (TPSA) is 92.3 Å². The molecule has 1 aromatic heterocycles. The Hall–Kier alpha value is -3.33. The van der Waals surface area contributed by atoms with Crippen molar-refractivity contribution in [3.63, 3.8) is 0 Å². The lowest BCUT2D eigenvalue weighted by atomic mass is 10.2. The number of nitrogens with zero attached hydrogens (tertiary/aromatic N) is 4. The van der Waals surface area contributed by atoms with Gasteiger partial charge in [-0.3, -0.25) is 14.7 Å². The largest absolute Gasteiger partial charge is 0.496 e. The molecule has 8 nitrogen and oxygen atoms in total. The van der Waals surface area contributed by atoms with E-state index in [0.29, 0.717) is 35.6 Å². The molecule has 0 spiro atoms. The summed E-state index contributed by atoms with van der Waals surface area (Å²) in [5.74, 6) is 2.19. The Kier molecular flexibility index (Phi) is 6.85. The van der Waals surface area contributed by atoms with Crippen LogP contribution in [0.2, 0.25) is 0 Å². The molecule has 9 heteroatoms. The number of para-hydroxylation sites is 3. The fourth-order valence-electron chi connectivity index (χ4n) is 2.73. The van der Waals surface area contributed by atoms with Gasteiger partial charge in [-0.1, -0.05) is 42.1 Å². The summed E-state index contributed by atoms with van der Waals surface area (Å²) in [5, 5.41) is 20.4. The van der Waals surface area contributed by atoms with Crippen LogP contribution < -0.4 is 9.47 Å². The molecule has 0 aliphatic heterocycles. The maximum absolute atomic E-state index is 11.1. The lowest BCUT2D eigenvalue weighted by Crippen LogP contribution is -2.05. The number of methoxy groups -OCH3 is 1. The highest BCUT2D eigenvalue weighted by molar-refractivity contribution is 7.99. The van der Waals surface area contributed by atoms with Gasteiger partial charge in [-0.25, -0.2) is 0 Å². The third kappa shape index (κ3) is 4.75. The molecule has 150 valence electrons. The van der Waals surface area contributed by atoms with Gasteiger partial charge in [0.2, 0.25) is 0 Å². The maximum atomic E-state index is 11.1. The van der Waals surface area contributed by atoms with Crippen molar-refractivity contribution in [1.82, 2.24) is 14.8 Å². The van der Waals surface area contributed by atoms with Gasteiger partial charge in [0.05, 0.1) is 24.2 Å². The molecule has 0 unspecified atom stereocenters. The van der Waals surface area contributed by atoms with Crippen LogP contribution in [0.15, 0.2) is 66.3 Å². The minimum absolute atomic E-state index is 0.0502. The minimum atomic E-state index is -0.456. The average Bonchev–Trinajstić information content (AvgIpc) is 3.14. The molecule has 0 saturated carbocycles. The zero-order chi connectivity index (χ0) is 20.6. The summed E-state index contributed by atoms with van der Waals surface area (Å²) in [6.45, 7) is 4.64. The quantitative estimate of drug-likeness (QED) is 0.162. The number of thioether (sulfide) groups is 1. The molecule has 0 aliphatic carbocycles. The Balaban J connectivity index is 1.71. The average molecular weight is 412 g/mol. The van der Waals surface area contributed by atoms with Gasteiger partial charge in [0, 0.05) is 18.4 Å². The van der Waals surface area contributed by atoms with E-state index in [1.165, 1.54) is 17.8 Å². The molecule has 0 N–H and O–H groups in total. The van der Waals surface area contributed by atoms with Gasteiger partial charge in [0.25, 0.3) is 0 Å². The standard InChI is InChI=1S/C20H20N4O4S/c1-3-12-23-19(15-8-4-6-10-17(15)27-2)21-22-20(23)29-14-13-28-18-11-7-5-9-16(18)24(25)26/h3-11H,1,12-14H2,2H3. The first kappa shape index (κ1) is 20.4. The molecule has 2 aromatic carbocycles. The summed E-state index contributed by atoms with van der Waals surface area (Å²) < 4.78 is 13.0. The van der Waals surface area contributed by atoms with Gasteiger partial charge in [-0.15, -0.1) is 16.8 Å². The molecular weight excluding hydrogens is 392 g/mol. The van der Waals surface area contributed by atoms with E-state index in [9.17, 15) is 10.1 Å². The second-order valence-corrected chi connectivity index (χ2v) is 6.89. The van der Waals surface area contributed by atoms with Crippen molar-refractivity contribution >= 4 is 17.4 Å². The van der Waals surface area contributed by atoms with E-state index in [0.717, 1.165) is 5.56 Å². The van der Waals surface area contributed by atoms with Gasteiger partial charge in [-0.2, -0.15) is 0 Å². The predicted molar refractivity (Wildman–Crippen MR) is 112 cm³/mol. The van der Waals surface area contributed by atoms with E-state index in [-0.39, 0.29) is 11.4 Å². The van der Waals surface area contributed by atoms with E-state index >= 15 is 0 Å². The van der Waals surface area contributed by atoms with E-state index < -0.39 is 4.92 Å². The van der Waals surface area contributed by atoms with Crippen molar-refractivity contribution < 1.29 is 14.4 Å². The Morgan fingerprint density at radius 2 is 1.90 bits per heavy atom. The third-order valence-corrected chi connectivity index (χ3v) is 4.94. The molecule has 29 heavy (non-hydrogen) atoms. The van der Waals surface area contributed by atoms with Gasteiger partial charge in [-0.05, 0) is 18.2 Å². The van der Waals surface area contributed by atoms with E-state index in [1.54, 1.807) is 31.4 Å². The van der Waals surface area contributed by atoms with Crippen LogP contribution >= 0.6 is 11.8 Å². The summed E-state index contributed by atoms with van der Waals surface area (Å²) in [5.41, 5.74) is 0.790. The number of ether oxygens (including phenoxy) is 2. The molecule has 3 rings (SSSR count). The number of allylic oxidation sites excluding steroid dienone is 1. The first-order valence-corrected chi connectivity index (χ1v) is 9.80. The highest BCUT2D eigenvalue weighted by atomic mass is 32.2. The molecule has 0 saturated heterocycles. The maximum Gasteiger partial charge on any atom is 0.310 e. The normalized spacial score (nSPS) is 10.5. The van der Waals surface area contributed by atoms with Crippen LogP contribution in [-0.4, -0.2) is 39.2 Å². The molecule has 0 amide bonds. The summed E-state index contributed by atoms with van der Waals surface area (Å²) >= 11 is 1.46. The Morgan fingerprint density at radius 3 is 2.62 bits per heavy atom. The van der Waals surface area contributed by atoms with Gasteiger partial charge >= 0.3 is 5.69 Å². The van der Waals surface area contributed by atoms with E-state index in [1.807, 2.05) is 28.8 Å². The third-order valence-electron chi connectivity index (χ3n) is 4.01. The molecular formula is C20H20N4O4S. The zero-order valence-corrected chi connectivity index (χ0v) is 16.7. The summed E-state index contributed by atoms with van der Waals surface area (Å²) in [6, 6.07) is 13.9. The molecule has 0 radical (unpaired) electrons. The number of hydrogen-bond acceptors (Lipinski definition) is 7. The van der Waals surface area contributed by atoms with Crippen LogP contribution in [0.5, 0.6) is 11.5 Å². The van der Waals surface area contributed by atoms with Gasteiger partial charge in [0.1, 0.15) is 5.75 Å². The van der Waals surface area contributed by atoms with Crippen molar-refractivity contribution in [3.8, 4) is 22.9 Å². The second-order valence-electron chi connectivity index (χ2n) is 5.83. The lowest BCUT2D eigenvalue weighted by molar-refractivity contribution is -0.385. The smallest absolute Gasteiger partial charge is 0.310 e. The number of nitro benzene ring substituents is 1. The molecule has 3 aromatic rings. The number of rotatable bonds is 10. The van der Waals surface area contributed by atoms with Crippen LogP contribution in [0.25, 0.3) is 11.4 Å². The monoisotopic (exact) mass is 412 g/mol. The fraction of sp³-hybridized carbons (Fsp3) is 0.200. The summed E-state index contributed by atoms with van der Waals surface area (Å²) in [7, 11) is 1.61. The van der Waals surface area contributed by atoms with Crippen molar-refractivity contribution in [2.45, 2.75) is 11.7 Å². The number of nitro groups is 1. The highest BCUT2D eigenvalue weighted by Gasteiger charge is 2.17. The van der Waals surface area contributed by atoms with E-state index in [4.69, 9.17) is 9.47 Å². The molecule has 1 heterocycles. The first-order valence-electron chi connectivity index (χ1n) is 8.82. The van der Waals surface area contributed by atoms with Crippen molar-refractivity contribution in [2.75, 3.05) is 19.5 Å². The SMILES string of the molecule is C=CCn1c(SCCOc2ccccc2[N+](=O)[O-])nnc1-c1ccccc1OC. The van der Waals surface area contributed by atoms with Crippen LogP contribution in [0.1, 0.15) is 0 Å². The highest BCUT2D eigenvalue weighted by Crippen LogP contribution is 2.31. The first-order chi connectivity index (χ1) is 14.2. The Labute approximate surface area is 172 Å². The number of aromatic nitrogens is 3. The lowest BCUT2D eigenvalue weighted by Gasteiger charge is -2.11. The number of benzene rings is 2. The fourth-order valence-corrected chi connectivity index (χ4v) is 3.50. The molecule has 0 fully saturated rings. The van der Waals surface area contributed by atoms with Crippen LogP contribution in [0, 0.1) is 10.1 Å². The van der Waals surface area contributed by atoms with E-state index in [2.05, 4.69) is 16.8 Å². The Morgan fingerprint density at radius 1 is 1.17 bits per heavy atom. The van der Waals surface area contributed by atoms with Crippen LogP contribution in [0.4, 0.5) is 5.69 Å². The summed E-state index contributed by atoms with van der Waals surface area (Å²) in [6.07, 6.45) is 1.77. The predicted octanol–water partition coefficient (Wildman–Crippen LogP) is 4.22. The van der Waals surface area contributed by atoms with Crippen LogP contribution in [0.3, 0.4) is 0 Å². The molecule has 0 aliphatic rings. The van der Waals surface area contributed by atoms with Crippen molar-refractivity contribution in [3.05, 3.63) is 71.3 Å². The summed E-state index contributed by atoms with van der Waals surface area (Å²) in [4.78, 5) is 10.6. The molecule has 0 bridgehead atoms.